The Hall–Kier alpha value is -3.82. The number of benzene rings is 2. The van der Waals surface area contributed by atoms with Gasteiger partial charge in [0.05, 0.1) is 36.5 Å². The minimum Gasteiger partial charge on any atom is -0.491 e. The topological polar surface area (TPSA) is 85.8 Å². The molecule has 1 aliphatic heterocycles. The van der Waals surface area contributed by atoms with Crippen molar-refractivity contribution < 1.29 is 28.2 Å². The maximum absolute atomic E-state index is 13.5. The van der Waals surface area contributed by atoms with Crippen molar-refractivity contribution in [1.82, 2.24) is 19.3 Å². The van der Waals surface area contributed by atoms with Crippen LogP contribution in [0.1, 0.15) is 33.0 Å². The summed E-state index contributed by atoms with van der Waals surface area (Å²) in [7, 11) is 0. The highest BCUT2D eigenvalue weighted by atomic mass is 19.4. The molecule has 2 aromatic carbocycles. The van der Waals surface area contributed by atoms with Crippen molar-refractivity contribution in [2.75, 3.05) is 19.3 Å². The van der Waals surface area contributed by atoms with E-state index in [2.05, 4.69) is 9.97 Å². The van der Waals surface area contributed by atoms with Gasteiger partial charge >= 0.3 is 6.18 Å². The van der Waals surface area contributed by atoms with E-state index in [1.165, 1.54) is 30.7 Å². The number of nitrogens with two attached hydrogens (primary N) is 1. The van der Waals surface area contributed by atoms with Crippen LogP contribution in [0, 0.1) is 0 Å². The number of likely N-dealkylation sites (N-methyl/N-ethyl adjacent to an activating group) is 1. The van der Waals surface area contributed by atoms with Gasteiger partial charge in [-0.15, -0.1) is 0 Å². The lowest BCUT2D eigenvalue weighted by molar-refractivity contribution is -0.137. The van der Waals surface area contributed by atoms with Gasteiger partial charge in [0.25, 0.3) is 5.91 Å². The van der Waals surface area contributed by atoms with Crippen LogP contribution < -0.4 is 10.5 Å². The molecule has 0 radical (unpaired) electrons. The molecule has 1 atom stereocenters. The largest absolute Gasteiger partial charge is 0.491 e. The molecule has 1 aliphatic rings. The summed E-state index contributed by atoms with van der Waals surface area (Å²) in [5.74, 6) is -1.14. The molecule has 0 saturated carbocycles. The van der Waals surface area contributed by atoms with E-state index < -0.39 is 37.2 Å². The molecule has 0 spiro atoms. The monoisotopic (exact) mass is 431 g/mol. The van der Waals surface area contributed by atoms with Crippen LogP contribution >= 0.6 is 0 Å². The highest BCUT2D eigenvalue weighted by molar-refractivity contribution is 5.98. The van der Waals surface area contributed by atoms with E-state index in [1.54, 1.807) is 4.40 Å². The van der Waals surface area contributed by atoms with Crippen LogP contribution in [0.2, 0.25) is 0 Å². The van der Waals surface area contributed by atoms with Crippen molar-refractivity contribution in [3.8, 4) is 5.75 Å². The van der Waals surface area contributed by atoms with Gasteiger partial charge in [-0.2, -0.15) is 13.2 Å². The summed E-state index contributed by atoms with van der Waals surface area (Å²) in [6, 6.07) is 4.28. The number of rotatable bonds is 2. The molecule has 0 aliphatic carbocycles. The van der Waals surface area contributed by atoms with Gasteiger partial charge in [0, 0.05) is 22.2 Å². The van der Waals surface area contributed by atoms with Gasteiger partial charge in [0.1, 0.15) is 23.7 Å². The number of carbonyl (C=O) groups is 1. The fourth-order valence-electron chi connectivity index (χ4n) is 3.52. The van der Waals surface area contributed by atoms with E-state index in [-0.39, 0.29) is 22.7 Å². The molecule has 0 bridgehead atoms. The number of nitrogens with zero attached hydrogens (tertiary/aromatic N) is 4. The number of amides is 1. The van der Waals surface area contributed by atoms with Gasteiger partial charge in [-0.3, -0.25) is 9.20 Å². The van der Waals surface area contributed by atoms with Crippen LogP contribution in [-0.2, 0) is 6.18 Å². The van der Waals surface area contributed by atoms with E-state index >= 15 is 0 Å². The number of carbonyl (C=O) groups excluding carboxylic acids is 1. The van der Waals surface area contributed by atoms with Crippen molar-refractivity contribution >= 4 is 28.3 Å². The summed E-state index contributed by atoms with van der Waals surface area (Å²) in [4.78, 5) is 22.2. The number of fused-ring (bicyclic) bond motifs is 4. The number of halogens is 3. The summed E-state index contributed by atoms with van der Waals surface area (Å²) >= 11 is 0. The van der Waals surface area contributed by atoms with Crippen LogP contribution in [0.25, 0.3) is 16.6 Å². The minimum absolute atomic E-state index is 0.0813. The van der Waals surface area contributed by atoms with Crippen LogP contribution in [0.4, 0.5) is 19.0 Å². The quantitative estimate of drug-likeness (QED) is 0.523. The van der Waals surface area contributed by atoms with Crippen molar-refractivity contribution in [3.63, 3.8) is 0 Å². The maximum Gasteiger partial charge on any atom is 0.416 e. The molecule has 1 amide bonds. The van der Waals surface area contributed by atoms with Crippen LogP contribution in [0.3, 0.4) is 0 Å². The summed E-state index contributed by atoms with van der Waals surface area (Å²) in [6.45, 7) is -3.78. The fourth-order valence-corrected chi connectivity index (χ4v) is 3.52. The number of alkyl halides is 3. The average molecular weight is 431 g/mol. The number of anilines is 1. The average Bonchev–Trinajstić information content (AvgIpc) is 3.38. The molecular weight excluding hydrogens is 411 g/mol. The Morgan fingerprint density at radius 1 is 1.32 bits per heavy atom. The number of hydrogen-bond donors (Lipinski definition) is 1. The Kier molecular flexibility index (Phi) is 3.20. The smallest absolute Gasteiger partial charge is 0.416 e. The van der Waals surface area contributed by atoms with E-state index in [1.807, 2.05) is 0 Å². The first-order chi connectivity index (χ1) is 16.3. The highest BCUT2D eigenvalue weighted by Crippen LogP contribution is 2.40. The third kappa shape index (κ3) is 3.02. The number of hydrogen-bond acceptors (Lipinski definition) is 5. The summed E-state index contributed by atoms with van der Waals surface area (Å²) in [6.07, 6.45) is -1.73. The summed E-state index contributed by atoms with van der Waals surface area (Å²) in [5, 5.41) is 0. The molecule has 2 aromatic heterocycles. The first-order valence-electron chi connectivity index (χ1n) is 11.0. The lowest BCUT2D eigenvalue weighted by Gasteiger charge is -2.24. The Morgan fingerprint density at radius 3 is 2.94 bits per heavy atom. The second-order valence-corrected chi connectivity index (χ2v) is 6.93. The van der Waals surface area contributed by atoms with Gasteiger partial charge in [0.2, 0.25) is 0 Å². The van der Waals surface area contributed by atoms with Gasteiger partial charge in [-0.05, 0) is 30.3 Å². The third-order valence-electron chi connectivity index (χ3n) is 5.08. The second-order valence-electron chi connectivity index (χ2n) is 6.93. The minimum atomic E-state index is -4.66. The van der Waals surface area contributed by atoms with E-state index in [9.17, 15) is 18.0 Å². The molecule has 31 heavy (non-hydrogen) atoms. The molecule has 158 valence electrons. The molecule has 10 heteroatoms. The lowest BCUT2D eigenvalue weighted by Crippen LogP contribution is -2.32. The molecule has 4 aromatic rings. The maximum atomic E-state index is 13.5. The zero-order chi connectivity index (χ0) is 25.3. The third-order valence-corrected chi connectivity index (χ3v) is 5.08. The van der Waals surface area contributed by atoms with E-state index in [4.69, 9.17) is 16.0 Å². The lowest BCUT2D eigenvalue weighted by atomic mass is 10.0. The van der Waals surface area contributed by atoms with Crippen molar-refractivity contribution in [1.29, 1.82) is 0 Å². The number of aromatic nitrogens is 3. The second kappa shape index (κ2) is 6.59. The highest BCUT2D eigenvalue weighted by Gasteiger charge is 2.36. The van der Waals surface area contributed by atoms with Crippen LogP contribution in [-0.4, -0.2) is 38.8 Å². The van der Waals surface area contributed by atoms with Gasteiger partial charge in [-0.1, -0.05) is 6.07 Å². The van der Waals surface area contributed by atoms with Gasteiger partial charge < -0.3 is 15.4 Å². The van der Waals surface area contributed by atoms with Gasteiger partial charge in [-0.25, -0.2) is 9.97 Å². The molecule has 7 nitrogen and oxygen atoms in total. The van der Waals surface area contributed by atoms with Crippen LogP contribution in [0.5, 0.6) is 5.75 Å². The number of ether oxygens (including phenoxy) is 1. The Bertz CT molecular complexity index is 1500. The standard InChI is InChI=1S/C21H16F3N5O2/c1-28(17-9-31-18-7-12(21(22,23)24)3-4-13(17)18)20(30)11-2-5-14-15(6-11)29-10-26-8-16(29)19(25)27-14/h2-8,10,17H,9H2,1H3,(H2,25,27)/t17-/m0/s1/i1D3,17D. The van der Waals surface area contributed by atoms with E-state index in [0.29, 0.717) is 27.5 Å². The first-order valence-corrected chi connectivity index (χ1v) is 9.01. The fraction of sp³-hybridized carbons (Fsp3) is 0.190. The first kappa shape index (κ1) is 15.1. The molecular formula is C21H16F3N5O2. The zero-order valence-electron chi connectivity index (χ0n) is 19.6. The predicted molar refractivity (Wildman–Crippen MR) is 107 cm³/mol. The van der Waals surface area contributed by atoms with Crippen molar-refractivity contribution in [2.45, 2.75) is 12.2 Å². The van der Waals surface area contributed by atoms with Crippen LogP contribution in [0.15, 0.2) is 48.9 Å². The molecule has 0 unspecified atom stereocenters. The van der Waals surface area contributed by atoms with Gasteiger partial charge in [0.15, 0.2) is 0 Å². The molecule has 2 N–H and O–H groups in total. The predicted octanol–water partition coefficient (Wildman–Crippen LogP) is 3.69. The summed E-state index contributed by atoms with van der Waals surface area (Å²) in [5.41, 5.74) is 5.97. The van der Waals surface area contributed by atoms with Crippen molar-refractivity contribution in [2.24, 2.45) is 0 Å². The SMILES string of the molecule is [2H]C([2H])([2H])N(C(=O)c1ccc2nc(N)c3cncn3c2c1)[C@@]1([2H])COc2cc(C(F)(F)F)ccc21. The molecule has 0 fully saturated rings. The normalized spacial score (nSPS) is 20.5. The number of imidazole rings is 1. The Labute approximate surface area is 179 Å². The number of nitrogen functional groups attached to an aromatic ring is 1. The Balaban J connectivity index is 1.62. The van der Waals surface area contributed by atoms with E-state index in [0.717, 1.165) is 12.1 Å². The Morgan fingerprint density at radius 2 is 2.16 bits per heavy atom. The zero-order valence-corrected chi connectivity index (χ0v) is 15.6. The summed E-state index contributed by atoms with van der Waals surface area (Å²) < 4.78 is 79.0. The molecule has 5 rings (SSSR count). The van der Waals surface area contributed by atoms with Crippen molar-refractivity contribution in [3.05, 3.63) is 65.6 Å². The molecule has 3 heterocycles. The molecule has 0 saturated heterocycles.